The molecule has 5 N–H and O–H groups in total. The highest BCUT2D eigenvalue weighted by molar-refractivity contribution is 6.40. The van der Waals surface area contributed by atoms with Gasteiger partial charge < -0.3 is 30.5 Å². The van der Waals surface area contributed by atoms with Crippen LogP contribution in [0.15, 0.2) is 0 Å². The van der Waals surface area contributed by atoms with Crippen LogP contribution in [0.4, 0.5) is 0 Å². The minimum atomic E-state index is -1.39. The van der Waals surface area contributed by atoms with Crippen LogP contribution in [-0.4, -0.2) is 71.9 Å². The van der Waals surface area contributed by atoms with Crippen LogP contribution < -0.4 is 5.73 Å². The molecule has 0 aromatic carbocycles. The SMILES string of the molecule is COCC(N)C(=O)N1CC(C(=O)O)[C@@H](CCCB(O)O)C1. The van der Waals surface area contributed by atoms with E-state index in [4.69, 9.17) is 20.5 Å². The van der Waals surface area contributed by atoms with Crippen molar-refractivity contribution < 1.29 is 29.5 Å². The largest absolute Gasteiger partial charge is 0.481 e. The van der Waals surface area contributed by atoms with Gasteiger partial charge in [0, 0.05) is 20.2 Å². The summed E-state index contributed by atoms with van der Waals surface area (Å²) in [5.74, 6) is -2.09. The van der Waals surface area contributed by atoms with Gasteiger partial charge in [0.15, 0.2) is 0 Å². The number of ether oxygens (including phenoxy) is 1. The average molecular weight is 302 g/mol. The van der Waals surface area contributed by atoms with Crippen LogP contribution in [0, 0.1) is 11.8 Å². The Labute approximate surface area is 124 Å². The summed E-state index contributed by atoms with van der Waals surface area (Å²) in [5, 5.41) is 26.9. The molecule has 8 nitrogen and oxygen atoms in total. The van der Waals surface area contributed by atoms with E-state index in [-0.39, 0.29) is 31.3 Å². The van der Waals surface area contributed by atoms with Crippen molar-refractivity contribution in [2.45, 2.75) is 25.2 Å². The van der Waals surface area contributed by atoms with Gasteiger partial charge in [0.05, 0.1) is 12.5 Å². The minimum Gasteiger partial charge on any atom is -0.481 e. The maximum atomic E-state index is 12.1. The van der Waals surface area contributed by atoms with E-state index in [0.717, 1.165) is 0 Å². The molecule has 0 bridgehead atoms. The number of nitrogens with zero attached hydrogens (tertiary/aromatic N) is 1. The highest BCUT2D eigenvalue weighted by atomic mass is 16.5. The summed E-state index contributed by atoms with van der Waals surface area (Å²) in [6.07, 6.45) is 1.22. The van der Waals surface area contributed by atoms with Crippen LogP contribution in [0.1, 0.15) is 12.8 Å². The lowest BCUT2D eigenvalue weighted by molar-refractivity contribution is -0.142. The molecule has 0 saturated carbocycles. The number of hydrogen-bond acceptors (Lipinski definition) is 6. The van der Waals surface area contributed by atoms with Gasteiger partial charge in [-0.2, -0.15) is 0 Å². The van der Waals surface area contributed by atoms with Crippen molar-refractivity contribution in [2.75, 3.05) is 26.8 Å². The molecular weight excluding hydrogens is 279 g/mol. The first-order valence-electron chi connectivity index (χ1n) is 6.99. The Bertz CT molecular complexity index is 368. The lowest BCUT2D eigenvalue weighted by Gasteiger charge is -2.20. The van der Waals surface area contributed by atoms with Gasteiger partial charge in [0.2, 0.25) is 5.91 Å². The lowest BCUT2D eigenvalue weighted by atomic mass is 9.80. The van der Waals surface area contributed by atoms with Crippen molar-refractivity contribution in [1.82, 2.24) is 4.90 Å². The highest BCUT2D eigenvalue weighted by Crippen LogP contribution is 2.28. The van der Waals surface area contributed by atoms with E-state index in [1.165, 1.54) is 12.0 Å². The number of carboxylic acid groups (broad SMARTS) is 1. The maximum absolute atomic E-state index is 12.1. The Morgan fingerprint density at radius 2 is 2.10 bits per heavy atom. The van der Waals surface area contributed by atoms with Crippen molar-refractivity contribution in [2.24, 2.45) is 17.6 Å². The van der Waals surface area contributed by atoms with Crippen molar-refractivity contribution >= 4 is 19.0 Å². The number of carbonyl (C=O) groups is 2. The fourth-order valence-electron chi connectivity index (χ4n) is 2.67. The fourth-order valence-corrected chi connectivity index (χ4v) is 2.67. The maximum Gasteiger partial charge on any atom is 0.451 e. The van der Waals surface area contributed by atoms with Crippen LogP contribution in [0.2, 0.25) is 6.32 Å². The summed E-state index contributed by atoms with van der Waals surface area (Å²) in [7, 11) is 0.0581. The highest BCUT2D eigenvalue weighted by Gasteiger charge is 2.40. The number of rotatable bonds is 8. The Kier molecular flexibility index (Phi) is 7.10. The molecule has 0 spiro atoms. The van der Waals surface area contributed by atoms with Crippen LogP contribution >= 0.6 is 0 Å². The minimum absolute atomic E-state index is 0.0917. The van der Waals surface area contributed by atoms with Gasteiger partial charge in [-0.3, -0.25) is 9.59 Å². The zero-order chi connectivity index (χ0) is 16.0. The third-order valence-corrected chi connectivity index (χ3v) is 3.77. The number of hydrogen-bond donors (Lipinski definition) is 4. The van der Waals surface area contributed by atoms with Gasteiger partial charge in [-0.25, -0.2) is 0 Å². The van der Waals surface area contributed by atoms with E-state index in [9.17, 15) is 14.7 Å². The number of likely N-dealkylation sites (tertiary alicyclic amines) is 1. The number of methoxy groups -OCH3 is 1. The standard InChI is InChI=1S/C12H23BN2O6/c1-21-7-10(14)11(16)15-5-8(3-2-4-13(19)20)9(6-15)12(17)18/h8-10,19-20H,2-7,14H2,1H3,(H,17,18)/t8-,9?,10?/m0/s1. The lowest BCUT2D eigenvalue weighted by Crippen LogP contribution is -2.45. The van der Waals surface area contributed by atoms with E-state index >= 15 is 0 Å². The number of carboxylic acids is 1. The second-order valence-corrected chi connectivity index (χ2v) is 5.42. The molecular formula is C12H23BN2O6. The number of carbonyl (C=O) groups excluding carboxylic acids is 1. The van der Waals surface area contributed by atoms with E-state index in [2.05, 4.69) is 0 Å². The molecule has 9 heteroatoms. The number of amides is 1. The first-order valence-corrected chi connectivity index (χ1v) is 6.99. The monoisotopic (exact) mass is 302 g/mol. The van der Waals surface area contributed by atoms with Crippen LogP contribution in [0.5, 0.6) is 0 Å². The molecule has 1 saturated heterocycles. The van der Waals surface area contributed by atoms with Gasteiger partial charge >= 0.3 is 13.1 Å². The molecule has 1 aliphatic rings. The molecule has 21 heavy (non-hydrogen) atoms. The van der Waals surface area contributed by atoms with Gasteiger partial charge in [0.1, 0.15) is 6.04 Å². The quantitative estimate of drug-likeness (QED) is 0.396. The predicted octanol–water partition coefficient (Wildman–Crippen LogP) is -1.63. The van der Waals surface area contributed by atoms with Gasteiger partial charge in [-0.15, -0.1) is 0 Å². The molecule has 0 aromatic rings. The van der Waals surface area contributed by atoms with Crippen LogP contribution in [0.3, 0.4) is 0 Å². The first-order chi connectivity index (χ1) is 9.86. The Morgan fingerprint density at radius 1 is 1.43 bits per heavy atom. The molecule has 1 fully saturated rings. The normalized spacial score (nSPS) is 23.1. The fraction of sp³-hybridized carbons (Fsp3) is 0.833. The summed E-state index contributed by atoms with van der Waals surface area (Å²) < 4.78 is 4.83. The Hall–Kier alpha value is -1.16. The molecule has 2 unspecified atom stereocenters. The van der Waals surface area contributed by atoms with E-state index in [0.29, 0.717) is 19.4 Å². The van der Waals surface area contributed by atoms with Crippen LogP contribution in [-0.2, 0) is 14.3 Å². The Morgan fingerprint density at radius 3 is 2.62 bits per heavy atom. The molecule has 1 rings (SSSR count). The molecule has 120 valence electrons. The first kappa shape index (κ1) is 17.9. The zero-order valence-corrected chi connectivity index (χ0v) is 12.1. The van der Waals surface area contributed by atoms with E-state index in [1.807, 2.05) is 0 Å². The van der Waals surface area contributed by atoms with Gasteiger partial charge in [-0.05, 0) is 18.7 Å². The zero-order valence-electron chi connectivity index (χ0n) is 12.1. The van der Waals surface area contributed by atoms with Crippen LogP contribution in [0.25, 0.3) is 0 Å². The summed E-state index contributed by atoms with van der Waals surface area (Å²) in [6.45, 7) is 0.557. The summed E-state index contributed by atoms with van der Waals surface area (Å²) in [4.78, 5) is 24.8. The van der Waals surface area contributed by atoms with Crippen molar-refractivity contribution in [3.63, 3.8) is 0 Å². The molecule has 3 atom stereocenters. The number of aliphatic carboxylic acids is 1. The van der Waals surface area contributed by atoms with E-state index in [1.54, 1.807) is 0 Å². The summed E-state index contributed by atoms with van der Waals surface area (Å²) in [5.41, 5.74) is 5.68. The number of nitrogens with two attached hydrogens (primary N) is 1. The second kappa shape index (κ2) is 8.33. The topological polar surface area (TPSA) is 133 Å². The third kappa shape index (κ3) is 5.27. The van der Waals surface area contributed by atoms with Crippen molar-refractivity contribution in [3.05, 3.63) is 0 Å². The molecule has 0 aromatic heterocycles. The van der Waals surface area contributed by atoms with Gasteiger partial charge in [-0.1, -0.05) is 6.42 Å². The predicted molar refractivity (Wildman–Crippen MR) is 75.3 cm³/mol. The van der Waals surface area contributed by atoms with Crippen molar-refractivity contribution in [1.29, 1.82) is 0 Å². The van der Waals surface area contributed by atoms with Crippen molar-refractivity contribution in [3.8, 4) is 0 Å². The summed E-state index contributed by atoms with van der Waals surface area (Å²) >= 11 is 0. The van der Waals surface area contributed by atoms with E-state index < -0.39 is 25.0 Å². The molecule has 0 radical (unpaired) electrons. The Balaban J connectivity index is 2.59. The molecule has 0 aliphatic carbocycles. The molecule has 1 amide bonds. The molecule has 1 aliphatic heterocycles. The summed E-state index contributed by atoms with van der Waals surface area (Å²) in [6, 6.07) is -0.789. The molecule has 1 heterocycles. The second-order valence-electron chi connectivity index (χ2n) is 5.42. The smallest absolute Gasteiger partial charge is 0.451 e. The van der Waals surface area contributed by atoms with Gasteiger partial charge in [0.25, 0.3) is 0 Å². The average Bonchev–Trinajstić information content (AvgIpc) is 2.82. The third-order valence-electron chi connectivity index (χ3n) is 3.77.